The van der Waals surface area contributed by atoms with E-state index in [-0.39, 0.29) is 5.92 Å². The van der Waals surface area contributed by atoms with Crippen molar-refractivity contribution in [1.29, 1.82) is 0 Å². The van der Waals surface area contributed by atoms with Crippen LogP contribution in [0.25, 0.3) is 67.0 Å². The van der Waals surface area contributed by atoms with Crippen LogP contribution in [0, 0.1) is 0 Å². The lowest BCUT2D eigenvalue weighted by Crippen LogP contribution is -2.36. The van der Waals surface area contributed by atoms with E-state index in [0.717, 1.165) is 39.3 Å². The van der Waals surface area contributed by atoms with Crippen LogP contribution in [0.3, 0.4) is 0 Å². The highest BCUT2D eigenvalue weighted by Crippen LogP contribution is 2.65. The molecule has 2 nitrogen and oxygen atoms in total. The first-order valence-corrected chi connectivity index (χ1v) is 23.8. The minimum atomic E-state index is -0.622. The Labute approximate surface area is 397 Å². The molecule has 10 aromatic rings. The van der Waals surface area contributed by atoms with E-state index in [1.54, 1.807) is 0 Å². The van der Waals surface area contributed by atoms with Gasteiger partial charge in [0.05, 0.1) is 28.2 Å². The minimum Gasteiger partial charge on any atom is -0.310 e. The molecule has 3 aliphatic carbocycles. The molecule has 0 fully saturated rings. The molecular weight excluding hydrogens is 821 g/mol. The highest BCUT2D eigenvalue weighted by atomic mass is 15.2. The third kappa shape index (κ3) is 5.68. The SMILES string of the molecule is C1=CC2c3ccccc3-c3ccc(-c4ccc5c(c4)-c4c(-c6cc(-c7ccccc7)cc(-c7ccccc7)n6)cccc4C54c5ccccc5N(c5ccccc5)c5ccccc54)cc3C2C=C1. The van der Waals surface area contributed by atoms with E-state index in [2.05, 4.69) is 260 Å². The molecule has 2 unspecified atom stereocenters. The van der Waals surface area contributed by atoms with Crippen molar-refractivity contribution >= 4 is 17.1 Å². The van der Waals surface area contributed by atoms with Gasteiger partial charge in [0.25, 0.3) is 0 Å². The average molecular weight is 865 g/mol. The van der Waals surface area contributed by atoms with Crippen molar-refractivity contribution < 1.29 is 0 Å². The van der Waals surface area contributed by atoms with E-state index in [0.29, 0.717) is 5.92 Å². The molecule has 14 rings (SSSR count). The summed E-state index contributed by atoms with van der Waals surface area (Å²) in [6.45, 7) is 0. The number of rotatable bonds is 5. The molecule has 0 bridgehead atoms. The molecule has 1 aliphatic heterocycles. The van der Waals surface area contributed by atoms with Crippen LogP contribution in [-0.2, 0) is 5.41 Å². The van der Waals surface area contributed by atoms with E-state index in [9.17, 15) is 0 Å². The predicted molar refractivity (Wildman–Crippen MR) is 281 cm³/mol. The molecule has 1 spiro atoms. The Balaban J connectivity index is 1.05. The highest BCUT2D eigenvalue weighted by molar-refractivity contribution is 6.01. The van der Waals surface area contributed by atoms with Gasteiger partial charge in [-0.05, 0) is 126 Å². The summed E-state index contributed by atoms with van der Waals surface area (Å²) in [6.07, 6.45) is 9.22. The fourth-order valence-corrected chi connectivity index (χ4v) is 12.2. The molecule has 0 N–H and O–H groups in total. The molecule has 1 aromatic heterocycles. The normalized spacial score (nSPS) is 16.2. The molecule has 0 saturated carbocycles. The summed E-state index contributed by atoms with van der Waals surface area (Å²) in [4.78, 5) is 8.04. The lowest BCUT2D eigenvalue weighted by atomic mass is 9.64. The van der Waals surface area contributed by atoms with Gasteiger partial charge in [-0.25, -0.2) is 4.98 Å². The van der Waals surface area contributed by atoms with Crippen LogP contribution in [0.5, 0.6) is 0 Å². The zero-order chi connectivity index (χ0) is 44.8. The number of hydrogen-bond acceptors (Lipinski definition) is 2. The Morgan fingerprint density at radius 2 is 0.897 bits per heavy atom. The number of pyridine rings is 1. The summed E-state index contributed by atoms with van der Waals surface area (Å²) in [5.41, 5.74) is 24.7. The summed E-state index contributed by atoms with van der Waals surface area (Å²) < 4.78 is 0. The Hall–Kier alpha value is -8.59. The largest absolute Gasteiger partial charge is 0.310 e. The molecule has 2 heteroatoms. The maximum Gasteiger partial charge on any atom is 0.0754 e. The van der Waals surface area contributed by atoms with Crippen LogP contribution in [0.2, 0.25) is 0 Å². The van der Waals surface area contributed by atoms with E-state index < -0.39 is 5.41 Å². The number of para-hydroxylation sites is 3. The van der Waals surface area contributed by atoms with Crippen LogP contribution in [0.1, 0.15) is 45.2 Å². The second kappa shape index (κ2) is 15.2. The van der Waals surface area contributed by atoms with Gasteiger partial charge in [-0.1, -0.05) is 206 Å². The maximum absolute atomic E-state index is 5.59. The number of anilines is 3. The third-order valence-corrected chi connectivity index (χ3v) is 15.0. The second-order valence-corrected chi connectivity index (χ2v) is 18.5. The Morgan fingerprint density at radius 1 is 0.338 bits per heavy atom. The third-order valence-electron chi connectivity index (χ3n) is 15.0. The molecular formula is C66H44N2. The molecule has 9 aromatic carbocycles. The van der Waals surface area contributed by atoms with Crippen LogP contribution < -0.4 is 4.90 Å². The zero-order valence-electron chi connectivity index (χ0n) is 37.3. The lowest BCUT2D eigenvalue weighted by molar-refractivity contribution is 0.720. The Bertz CT molecular complexity index is 3590. The molecule has 0 saturated heterocycles. The van der Waals surface area contributed by atoms with Gasteiger partial charge < -0.3 is 4.90 Å². The van der Waals surface area contributed by atoms with Gasteiger partial charge in [0.15, 0.2) is 0 Å². The standard InChI is InChI=1S/C66H44N2/c1-4-19-43(20-5-1)47-41-61(44-21-6-2-7-22-44)67-62(42-47)54-29-18-32-60-65(54)56-40-46(45-35-37-53-51-27-11-10-25-49(51)50-26-12-13-28-52(50)55(53)39-45)36-38-57(56)66(60)58-30-14-16-33-63(58)68(48-23-8-3-9-24-48)64-34-17-15-31-59(64)66/h1-42,50,52H. The molecule has 2 heterocycles. The van der Waals surface area contributed by atoms with Crippen LogP contribution >= 0.6 is 0 Å². The van der Waals surface area contributed by atoms with Gasteiger partial charge >= 0.3 is 0 Å². The van der Waals surface area contributed by atoms with Crippen molar-refractivity contribution in [2.45, 2.75) is 17.3 Å². The van der Waals surface area contributed by atoms with Crippen LogP contribution in [0.4, 0.5) is 17.1 Å². The quantitative estimate of drug-likeness (QED) is 0.171. The lowest BCUT2D eigenvalue weighted by Gasteiger charge is -2.45. The number of allylic oxidation sites excluding steroid dienone is 4. The number of nitrogens with zero attached hydrogens (tertiary/aromatic N) is 2. The Kier molecular flexibility index (Phi) is 8.66. The maximum atomic E-state index is 5.59. The summed E-state index contributed by atoms with van der Waals surface area (Å²) in [5.74, 6) is 0.592. The van der Waals surface area contributed by atoms with Crippen LogP contribution in [0.15, 0.2) is 255 Å². The fourth-order valence-electron chi connectivity index (χ4n) is 12.2. The van der Waals surface area contributed by atoms with Crippen molar-refractivity contribution in [3.8, 4) is 67.0 Å². The predicted octanol–water partition coefficient (Wildman–Crippen LogP) is 16.9. The van der Waals surface area contributed by atoms with E-state index in [1.165, 1.54) is 78.1 Å². The number of benzene rings is 9. The van der Waals surface area contributed by atoms with Gasteiger partial charge in [-0.2, -0.15) is 0 Å². The van der Waals surface area contributed by atoms with Crippen LogP contribution in [-0.4, -0.2) is 4.98 Å². The van der Waals surface area contributed by atoms with E-state index in [1.807, 2.05) is 0 Å². The van der Waals surface area contributed by atoms with Crippen molar-refractivity contribution in [1.82, 2.24) is 4.98 Å². The molecule has 4 aliphatic rings. The van der Waals surface area contributed by atoms with Gasteiger partial charge in [0, 0.05) is 28.7 Å². The van der Waals surface area contributed by atoms with Gasteiger partial charge in [0.1, 0.15) is 0 Å². The van der Waals surface area contributed by atoms with Gasteiger partial charge in [-0.15, -0.1) is 0 Å². The molecule has 68 heavy (non-hydrogen) atoms. The average Bonchev–Trinajstić information content (AvgIpc) is 3.71. The summed E-state index contributed by atoms with van der Waals surface area (Å²) in [5, 5.41) is 0. The Morgan fingerprint density at radius 3 is 1.65 bits per heavy atom. The summed E-state index contributed by atoms with van der Waals surface area (Å²) in [7, 11) is 0. The van der Waals surface area contributed by atoms with E-state index in [4.69, 9.17) is 4.98 Å². The van der Waals surface area contributed by atoms with Gasteiger partial charge in [0.2, 0.25) is 0 Å². The number of aromatic nitrogens is 1. The van der Waals surface area contributed by atoms with Crippen molar-refractivity contribution in [2.24, 2.45) is 0 Å². The number of fused-ring (bicyclic) bond motifs is 15. The summed E-state index contributed by atoms with van der Waals surface area (Å²) in [6, 6.07) is 85.3. The topological polar surface area (TPSA) is 16.1 Å². The number of hydrogen-bond donors (Lipinski definition) is 0. The van der Waals surface area contributed by atoms with Crippen molar-refractivity contribution in [3.05, 3.63) is 288 Å². The molecule has 318 valence electrons. The first-order valence-electron chi connectivity index (χ1n) is 23.8. The first-order chi connectivity index (χ1) is 33.7. The van der Waals surface area contributed by atoms with Crippen molar-refractivity contribution in [2.75, 3.05) is 4.90 Å². The van der Waals surface area contributed by atoms with Gasteiger partial charge in [-0.3, -0.25) is 0 Å². The second-order valence-electron chi connectivity index (χ2n) is 18.5. The first kappa shape index (κ1) is 38.7. The molecule has 0 amide bonds. The molecule has 0 radical (unpaired) electrons. The smallest absolute Gasteiger partial charge is 0.0754 e. The van der Waals surface area contributed by atoms with Crippen molar-refractivity contribution in [3.63, 3.8) is 0 Å². The highest BCUT2D eigenvalue weighted by Gasteiger charge is 2.52. The summed E-state index contributed by atoms with van der Waals surface area (Å²) >= 11 is 0. The zero-order valence-corrected chi connectivity index (χ0v) is 37.3. The molecule has 2 atom stereocenters. The minimum absolute atomic E-state index is 0.277. The fraction of sp³-hybridized carbons (Fsp3) is 0.0455. The van der Waals surface area contributed by atoms with E-state index >= 15 is 0 Å². The monoisotopic (exact) mass is 864 g/mol.